The number of halogens is 3. The van der Waals surface area contributed by atoms with E-state index < -0.39 is 41.8 Å². The van der Waals surface area contributed by atoms with E-state index in [0.717, 1.165) is 23.1 Å². The van der Waals surface area contributed by atoms with E-state index in [1.807, 2.05) is 6.07 Å². The molecule has 0 aliphatic heterocycles. The van der Waals surface area contributed by atoms with Crippen LogP contribution in [-0.2, 0) is 24.8 Å². The smallest absolute Gasteiger partial charge is 0.389 e. The summed E-state index contributed by atoms with van der Waals surface area (Å²) in [5.41, 5.74) is -2.16. The lowest BCUT2D eigenvalue weighted by Crippen LogP contribution is -2.47. The predicted molar refractivity (Wildman–Crippen MR) is 118 cm³/mol. The molecule has 0 fully saturated rings. The van der Waals surface area contributed by atoms with Crippen LogP contribution in [0.15, 0.2) is 33.9 Å². The Labute approximate surface area is 200 Å². The molecular formula is C23H29F3N3O6-. The summed E-state index contributed by atoms with van der Waals surface area (Å²) in [6, 6.07) is 7.09. The van der Waals surface area contributed by atoms with Gasteiger partial charge in [0, 0.05) is 20.0 Å². The minimum atomic E-state index is -4.37. The Morgan fingerprint density at radius 1 is 1.11 bits per heavy atom. The average molecular weight is 500 g/mol. The fraction of sp³-hybridized carbons (Fsp3) is 0.565. The maximum absolute atomic E-state index is 12.4. The highest BCUT2D eigenvalue weighted by Gasteiger charge is 2.26. The van der Waals surface area contributed by atoms with E-state index >= 15 is 0 Å². The molecular weight excluding hydrogens is 471 g/mol. The molecule has 0 saturated heterocycles. The van der Waals surface area contributed by atoms with Gasteiger partial charge in [-0.15, -0.1) is 5.10 Å². The van der Waals surface area contributed by atoms with Crippen LogP contribution in [0.25, 0.3) is 0 Å². The maximum atomic E-state index is 12.4. The molecule has 0 N–H and O–H groups in total. The van der Waals surface area contributed by atoms with Crippen LogP contribution >= 0.6 is 0 Å². The number of carboxylic acid groups (broad SMARTS) is 1. The number of alkyl halides is 3. The van der Waals surface area contributed by atoms with Crippen molar-refractivity contribution >= 4 is 5.97 Å². The molecule has 0 unspecified atom stereocenters. The van der Waals surface area contributed by atoms with Crippen LogP contribution in [0, 0.1) is 0 Å². The normalized spacial score (nSPS) is 11.9. The molecule has 0 saturated carbocycles. The fourth-order valence-electron chi connectivity index (χ4n) is 3.20. The first-order valence-electron chi connectivity index (χ1n) is 11.2. The lowest BCUT2D eigenvalue weighted by Gasteiger charge is -2.27. The highest BCUT2D eigenvalue weighted by atomic mass is 19.4. The summed E-state index contributed by atoms with van der Waals surface area (Å²) in [5, 5.41) is 14.9. The lowest BCUT2D eigenvalue weighted by molar-refractivity contribution is -0.320. The number of ether oxygens (including phenoxy) is 2. The van der Waals surface area contributed by atoms with E-state index in [4.69, 9.17) is 9.47 Å². The van der Waals surface area contributed by atoms with Gasteiger partial charge in [0.2, 0.25) is 0 Å². The van der Waals surface area contributed by atoms with Crippen molar-refractivity contribution in [3.63, 3.8) is 0 Å². The van der Waals surface area contributed by atoms with Crippen molar-refractivity contribution in [2.75, 3.05) is 6.61 Å². The van der Waals surface area contributed by atoms with Crippen molar-refractivity contribution in [3.05, 3.63) is 50.7 Å². The van der Waals surface area contributed by atoms with E-state index in [9.17, 15) is 32.7 Å². The zero-order valence-corrected chi connectivity index (χ0v) is 19.9. The molecule has 2 rings (SSSR count). The number of aryl methyl sites for hydroxylation is 2. The lowest BCUT2D eigenvalue weighted by atomic mass is 10.1. The number of hydrogen-bond donors (Lipinski definition) is 0. The van der Waals surface area contributed by atoms with Crippen LogP contribution in [0.3, 0.4) is 0 Å². The highest BCUT2D eigenvalue weighted by molar-refractivity contribution is 5.74. The number of rotatable bonds is 13. The topological polar surface area (TPSA) is 115 Å². The van der Waals surface area contributed by atoms with E-state index in [-0.39, 0.29) is 19.0 Å². The summed E-state index contributed by atoms with van der Waals surface area (Å²) in [6.45, 7) is 2.58. The Balaban J connectivity index is 1.84. The standard InChI is InChI=1S/C23H30F3N3O6/c1-22(2,20(31)32)35-17-11-7-10-16(15-17)9-5-4-6-14-34-18-19(30)29(21(33)28(3)27-18)13-8-12-23(24,25)26/h7,10-11,15H,4-6,8-9,12-14H2,1-3H3,(H,31,32)/p-1. The number of benzene rings is 1. The molecule has 0 bridgehead atoms. The number of aliphatic carboxylic acids is 1. The number of aromatic nitrogens is 3. The van der Waals surface area contributed by atoms with E-state index in [1.165, 1.54) is 20.9 Å². The summed E-state index contributed by atoms with van der Waals surface area (Å²) >= 11 is 0. The van der Waals surface area contributed by atoms with Crippen LogP contribution in [0.1, 0.15) is 51.5 Å². The van der Waals surface area contributed by atoms with Crippen LogP contribution in [-0.4, -0.2) is 38.7 Å². The molecule has 12 heteroatoms. The number of carbonyl (C=O) groups excluding carboxylic acids is 1. The molecule has 0 aliphatic carbocycles. The number of unbranched alkanes of at least 4 members (excludes halogenated alkanes) is 2. The molecule has 0 radical (unpaired) electrons. The van der Waals surface area contributed by atoms with Gasteiger partial charge in [-0.2, -0.15) is 13.2 Å². The second kappa shape index (κ2) is 11.9. The van der Waals surface area contributed by atoms with Gasteiger partial charge in [0.15, 0.2) is 0 Å². The molecule has 194 valence electrons. The molecule has 9 nitrogen and oxygen atoms in total. The van der Waals surface area contributed by atoms with Gasteiger partial charge >= 0.3 is 17.4 Å². The van der Waals surface area contributed by atoms with Crippen molar-refractivity contribution < 1.29 is 32.5 Å². The Morgan fingerprint density at radius 2 is 1.83 bits per heavy atom. The third-order valence-corrected chi connectivity index (χ3v) is 5.13. The largest absolute Gasteiger partial charge is 0.546 e. The summed E-state index contributed by atoms with van der Waals surface area (Å²) in [6.07, 6.45) is -3.09. The van der Waals surface area contributed by atoms with Gasteiger partial charge in [0.05, 0.1) is 12.6 Å². The van der Waals surface area contributed by atoms with Crippen LogP contribution in [0.2, 0.25) is 0 Å². The Kier molecular flexibility index (Phi) is 9.49. The molecule has 35 heavy (non-hydrogen) atoms. The van der Waals surface area contributed by atoms with Gasteiger partial charge in [0.1, 0.15) is 11.4 Å². The Hall–Kier alpha value is -3.31. The van der Waals surface area contributed by atoms with Gasteiger partial charge in [-0.1, -0.05) is 12.1 Å². The van der Waals surface area contributed by atoms with Crippen LogP contribution in [0.5, 0.6) is 11.6 Å². The minimum Gasteiger partial charge on any atom is -0.546 e. The van der Waals surface area contributed by atoms with Crippen molar-refractivity contribution in [2.45, 2.75) is 70.7 Å². The van der Waals surface area contributed by atoms with Crippen molar-refractivity contribution in [1.29, 1.82) is 0 Å². The predicted octanol–water partition coefficient (Wildman–Crippen LogP) is 1.98. The van der Waals surface area contributed by atoms with E-state index in [0.29, 0.717) is 23.2 Å². The number of carboxylic acids is 1. The molecule has 0 amide bonds. The second-order valence-corrected chi connectivity index (χ2v) is 8.59. The first-order chi connectivity index (χ1) is 16.3. The van der Waals surface area contributed by atoms with Gasteiger partial charge < -0.3 is 19.4 Å². The first-order valence-corrected chi connectivity index (χ1v) is 11.2. The van der Waals surface area contributed by atoms with E-state index in [2.05, 4.69) is 5.10 Å². The summed E-state index contributed by atoms with van der Waals surface area (Å²) in [7, 11) is 1.29. The Morgan fingerprint density at radius 3 is 2.49 bits per heavy atom. The second-order valence-electron chi connectivity index (χ2n) is 8.59. The fourth-order valence-corrected chi connectivity index (χ4v) is 3.20. The number of carbonyl (C=O) groups is 1. The quantitative estimate of drug-likeness (QED) is 0.386. The van der Waals surface area contributed by atoms with Gasteiger partial charge in [-0.25, -0.2) is 9.48 Å². The van der Waals surface area contributed by atoms with Crippen LogP contribution in [0.4, 0.5) is 13.2 Å². The van der Waals surface area contributed by atoms with Crippen molar-refractivity contribution in [1.82, 2.24) is 14.3 Å². The number of hydrogen-bond acceptors (Lipinski definition) is 7. The van der Waals surface area contributed by atoms with E-state index in [1.54, 1.807) is 18.2 Å². The van der Waals surface area contributed by atoms with Gasteiger partial charge in [-0.3, -0.25) is 9.36 Å². The minimum absolute atomic E-state index is 0.145. The summed E-state index contributed by atoms with van der Waals surface area (Å²) < 4.78 is 49.6. The first kappa shape index (κ1) is 27.9. The molecule has 0 spiro atoms. The molecule has 1 aromatic carbocycles. The zero-order valence-electron chi connectivity index (χ0n) is 19.9. The van der Waals surface area contributed by atoms with Crippen LogP contribution < -0.4 is 25.8 Å². The number of nitrogens with zero attached hydrogens (tertiary/aromatic N) is 3. The molecule has 2 aromatic rings. The van der Waals surface area contributed by atoms with Crippen molar-refractivity contribution in [2.24, 2.45) is 7.05 Å². The third kappa shape index (κ3) is 8.76. The van der Waals surface area contributed by atoms with Crippen molar-refractivity contribution in [3.8, 4) is 11.6 Å². The Bertz CT molecular complexity index is 1120. The maximum Gasteiger partial charge on any atom is 0.389 e. The molecule has 1 heterocycles. The molecule has 1 aromatic heterocycles. The molecule has 0 aliphatic rings. The zero-order chi connectivity index (χ0) is 26.2. The monoisotopic (exact) mass is 500 g/mol. The SMILES string of the molecule is Cn1nc(OCCCCCc2cccc(OC(C)(C)C(=O)[O-])c2)c(=O)n(CCCC(F)(F)F)c1=O. The van der Waals surface area contributed by atoms with Gasteiger partial charge in [-0.05, 0) is 63.6 Å². The van der Waals surface area contributed by atoms with Gasteiger partial charge in [0.25, 0.3) is 5.88 Å². The third-order valence-electron chi connectivity index (χ3n) is 5.13. The summed E-state index contributed by atoms with van der Waals surface area (Å²) in [5.74, 6) is -1.23. The summed E-state index contributed by atoms with van der Waals surface area (Å²) in [4.78, 5) is 35.6. The average Bonchev–Trinajstić information content (AvgIpc) is 2.75. The molecule has 0 atom stereocenters. The highest BCUT2D eigenvalue weighted by Crippen LogP contribution is 2.22.